The van der Waals surface area contributed by atoms with Crippen LogP contribution in [0.3, 0.4) is 0 Å². The first-order valence-corrected chi connectivity index (χ1v) is 6.90. The van der Waals surface area contributed by atoms with Crippen LogP contribution in [0.2, 0.25) is 0 Å². The van der Waals surface area contributed by atoms with E-state index in [2.05, 4.69) is 27.0 Å². The highest BCUT2D eigenvalue weighted by Gasteiger charge is 2.06. The molecule has 1 N–H and O–H groups in total. The van der Waals surface area contributed by atoms with Crippen LogP contribution in [0, 0.1) is 11.3 Å². The normalized spacial score (nSPS) is 10.1. The second-order valence-corrected chi connectivity index (χ2v) is 4.97. The number of hydrogen-bond donors (Lipinski definition) is 1. The van der Waals surface area contributed by atoms with Gasteiger partial charge in [-0.05, 0) is 51.7 Å². The largest absolute Gasteiger partial charge is 0.473 e. The number of ether oxygens (including phenoxy) is 1. The molecule has 1 aromatic heterocycles. The fourth-order valence-corrected chi connectivity index (χ4v) is 2.14. The van der Waals surface area contributed by atoms with Gasteiger partial charge in [-0.1, -0.05) is 12.1 Å². The standard InChI is InChI=1S/C15H13BrN2O2/c16-14-2-1-3-15(18-14)20-10-13-5-4-11(9-17)8-12(13)6-7-19/h1-5,8,19H,6-7,10H2. The Morgan fingerprint density at radius 3 is 2.80 bits per heavy atom. The summed E-state index contributed by atoms with van der Waals surface area (Å²) in [5, 5.41) is 18.0. The van der Waals surface area contributed by atoms with Crippen molar-refractivity contribution < 1.29 is 9.84 Å². The fraction of sp³-hybridized carbons (Fsp3) is 0.200. The topological polar surface area (TPSA) is 66.1 Å². The molecule has 5 heteroatoms. The van der Waals surface area contributed by atoms with E-state index in [-0.39, 0.29) is 6.61 Å². The second kappa shape index (κ2) is 7.04. The zero-order valence-corrected chi connectivity index (χ0v) is 12.3. The minimum absolute atomic E-state index is 0.0387. The molecule has 0 radical (unpaired) electrons. The third kappa shape index (κ3) is 3.80. The van der Waals surface area contributed by atoms with Crippen molar-refractivity contribution in [2.45, 2.75) is 13.0 Å². The monoisotopic (exact) mass is 332 g/mol. The van der Waals surface area contributed by atoms with Crippen molar-refractivity contribution in [1.82, 2.24) is 4.98 Å². The van der Waals surface area contributed by atoms with E-state index in [1.807, 2.05) is 18.2 Å². The van der Waals surface area contributed by atoms with Gasteiger partial charge in [0.15, 0.2) is 0 Å². The van der Waals surface area contributed by atoms with Crippen molar-refractivity contribution in [2.24, 2.45) is 0 Å². The van der Waals surface area contributed by atoms with Gasteiger partial charge in [-0.3, -0.25) is 0 Å². The predicted octanol–water partition coefficient (Wildman–Crippen LogP) is 2.83. The molecule has 0 fully saturated rings. The summed E-state index contributed by atoms with van der Waals surface area (Å²) in [6.07, 6.45) is 0.500. The zero-order valence-electron chi connectivity index (χ0n) is 10.7. The summed E-state index contributed by atoms with van der Waals surface area (Å²) in [6.45, 7) is 0.390. The van der Waals surface area contributed by atoms with Crippen molar-refractivity contribution in [1.29, 1.82) is 5.26 Å². The van der Waals surface area contributed by atoms with Gasteiger partial charge in [-0.2, -0.15) is 5.26 Å². The first-order valence-electron chi connectivity index (χ1n) is 6.11. The number of aliphatic hydroxyl groups is 1. The van der Waals surface area contributed by atoms with Gasteiger partial charge in [-0.15, -0.1) is 0 Å². The van der Waals surface area contributed by atoms with E-state index >= 15 is 0 Å². The molecule has 20 heavy (non-hydrogen) atoms. The molecule has 0 aliphatic carbocycles. The van der Waals surface area contributed by atoms with Crippen molar-refractivity contribution >= 4 is 15.9 Å². The molecule has 0 spiro atoms. The minimum Gasteiger partial charge on any atom is -0.473 e. The van der Waals surface area contributed by atoms with Crippen LogP contribution in [0.5, 0.6) is 5.88 Å². The molecule has 4 nitrogen and oxygen atoms in total. The maximum Gasteiger partial charge on any atom is 0.214 e. The molecule has 1 aromatic carbocycles. The van der Waals surface area contributed by atoms with Gasteiger partial charge in [0.25, 0.3) is 0 Å². The molecular weight excluding hydrogens is 320 g/mol. The van der Waals surface area contributed by atoms with Crippen LogP contribution in [0.15, 0.2) is 41.0 Å². The summed E-state index contributed by atoms with van der Waals surface area (Å²) in [5.74, 6) is 0.527. The summed E-state index contributed by atoms with van der Waals surface area (Å²) >= 11 is 3.29. The number of aromatic nitrogens is 1. The van der Waals surface area contributed by atoms with E-state index in [9.17, 15) is 0 Å². The molecule has 0 amide bonds. The van der Waals surface area contributed by atoms with Crippen LogP contribution in [0.4, 0.5) is 0 Å². The Morgan fingerprint density at radius 1 is 1.25 bits per heavy atom. The highest BCUT2D eigenvalue weighted by Crippen LogP contribution is 2.17. The van der Waals surface area contributed by atoms with Crippen LogP contribution in [0.1, 0.15) is 16.7 Å². The smallest absolute Gasteiger partial charge is 0.214 e. The lowest BCUT2D eigenvalue weighted by Gasteiger charge is -2.10. The Kier molecular flexibility index (Phi) is 5.10. The quantitative estimate of drug-likeness (QED) is 0.855. The highest BCUT2D eigenvalue weighted by molar-refractivity contribution is 9.10. The lowest BCUT2D eigenvalue weighted by Crippen LogP contribution is -2.03. The molecule has 0 bridgehead atoms. The zero-order chi connectivity index (χ0) is 14.4. The van der Waals surface area contributed by atoms with Crippen LogP contribution in [0.25, 0.3) is 0 Å². The second-order valence-electron chi connectivity index (χ2n) is 4.16. The van der Waals surface area contributed by atoms with Crippen LogP contribution < -0.4 is 4.74 Å². The van der Waals surface area contributed by atoms with E-state index in [0.717, 1.165) is 11.1 Å². The molecule has 0 unspecified atom stereocenters. The first kappa shape index (κ1) is 14.5. The molecule has 2 aromatic rings. The van der Waals surface area contributed by atoms with E-state index in [1.54, 1.807) is 18.2 Å². The molecule has 102 valence electrons. The van der Waals surface area contributed by atoms with Crippen molar-refractivity contribution in [2.75, 3.05) is 6.61 Å². The number of nitriles is 1. The maximum absolute atomic E-state index is 9.09. The Morgan fingerprint density at radius 2 is 2.10 bits per heavy atom. The number of pyridine rings is 1. The molecule has 0 atom stereocenters. The van der Waals surface area contributed by atoms with Crippen LogP contribution in [-0.4, -0.2) is 16.7 Å². The van der Waals surface area contributed by atoms with Gasteiger partial charge >= 0.3 is 0 Å². The molecular formula is C15H13BrN2O2. The molecule has 0 saturated carbocycles. The average molecular weight is 333 g/mol. The Balaban J connectivity index is 2.14. The molecule has 0 saturated heterocycles. The Hall–Kier alpha value is -1.90. The molecule has 0 aliphatic heterocycles. The number of benzene rings is 1. The van der Waals surface area contributed by atoms with Gasteiger partial charge in [0, 0.05) is 12.7 Å². The third-order valence-electron chi connectivity index (χ3n) is 2.78. The van der Waals surface area contributed by atoms with E-state index in [1.165, 1.54) is 0 Å². The number of nitrogens with zero attached hydrogens (tertiary/aromatic N) is 2. The number of hydrogen-bond acceptors (Lipinski definition) is 4. The number of rotatable bonds is 5. The molecule has 1 heterocycles. The SMILES string of the molecule is N#Cc1ccc(COc2cccc(Br)n2)c(CCO)c1. The summed E-state index contributed by atoms with van der Waals surface area (Å²) in [7, 11) is 0. The van der Waals surface area contributed by atoms with Crippen LogP contribution in [-0.2, 0) is 13.0 Å². The van der Waals surface area contributed by atoms with E-state index in [4.69, 9.17) is 15.1 Å². The van der Waals surface area contributed by atoms with Gasteiger partial charge in [0.1, 0.15) is 11.2 Å². The van der Waals surface area contributed by atoms with E-state index in [0.29, 0.717) is 29.1 Å². The third-order valence-corrected chi connectivity index (χ3v) is 3.22. The first-order chi connectivity index (χ1) is 9.72. The average Bonchev–Trinajstić information content (AvgIpc) is 2.46. The van der Waals surface area contributed by atoms with Crippen LogP contribution >= 0.6 is 15.9 Å². The van der Waals surface area contributed by atoms with Crippen molar-refractivity contribution in [3.05, 3.63) is 57.7 Å². The van der Waals surface area contributed by atoms with E-state index < -0.39 is 0 Å². The van der Waals surface area contributed by atoms with Crippen molar-refractivity contribution in [3.63, 3.8) is 0 Å². The summed E-state index contributed by atoms with van der Waals surface area (Å²) in [4.78, 5) is 4.19. The Labute approximate surface area is 125 Å². The lowest BCUT2D eigenvalue weighted by atomic mass is 10.0. The molecule has 0 aliphatic rings. The van der Waals surface area contributed by atoms with Gasteiger partial charge < -0.3 is 9.84 Å². The predicted molar refractivity (Wildman–Crippen MR) is 78.2 cm³/mol. The summed E-state index contributed by atoms with van der Waals surface area (Å²) < 4.78 is 6.34. The van der Waals surface area contributed by atoms with Gasteiger partial charge in [0.05, 0.1) is 11.6 Å². The maximum atomic E-state index is 9.09. The molecule has 2 rings (SSSR count). The summed E-state index contributed by atoms with van der Waals surface area (Å²) in [6, 6.07) is 12.9. The van der Waals surface area contributed by atoms with Gasteiger partial charge in [-0.25, -0.2) is 4.98 Å². The lowest BCUT2D eigenvalue weighted by molar-refractivity contribution is 0.285. The summed E-state index contributed by atoms with van der Waals surface area (Å²) in [5.41, 5.74) is 2.44. The number of halogens is 1. The van der Waals surface area contributed by atoms with Gasteiger partial charge in [0.2, 0.25) is 5.88 Å². The Bertz CT molecular complexity index is 638. The highest BCUT2D eigenvalue weighted by atomic mass is 79.9. The van der Waals surface area contributed by atoms with Crippen molar-refractivity contribution in [3.8, 4) is 11.9 Å². The minimum atomic E-state index is 0.0387. The number of aliphatic hydroxyl groups excluding tert-OH is 1. The fourth-order valence-electron chi connectivity index (χ4n) is 1.81.